The number of aryl methyl sites for hydroxylation is 2. The molecule has 0 N–H and O–H groups in total. The van der Waals surface area contributed by atoms with Gasteiger partial charge in [-0.05, 0) is 43.3 Å². The molecule has 3 aromatic heterocycles. The maximum atomic E-state index is 12.9. The van der Waals surface area contributed by atoms with E-state index >= 15 is 0 Å². The van der Waals surface area contributed by atoms with Crippen LogP contribution in [0.25, 0.3) is 27.8 Å². The van der Waals surface area contributed by atoms with Gasteiger partial charge >= 0.3 is 0 Å². The highest BCUT2D eigenvalue weighted by Gasteiger charge is 2.17. The van der Waals surface area contributed by atoms with Crippen molar-refractivity contribution in [3.8, 4) is 11.3 Å². The fraction of sp³-hybridized carbons (Fsp3) is 0.348. The van der Waals surface area contributed by atoms with Gasteiger partial charge in [0.05, 0.1) is 16.9 Å². The maximum absolute atomic E-state index is 12.9. The Labute approximate surface area is 175 Å². The molecule has 0 saturated carbocycles. The number of piperazine rings is 1. The van der Waals surface area contributed by atoms with Crippen molar-refractivity contribution in [2.24, 2.45) is 7.05 Å². The lowest BCUT2D eigenvalue weighted by atomic mass is 10.1. The van der Waals surface area contributed by atoms with Gasteiger partial charge in [0, 0.05) is 62.6 Å². The molecule has 154 valence electrons. The summed E-state index contributed by atoms with van der Waals surface area (Å²) in [5, 5.41) is 5.55. The van der Waals surface area contributed by atoms with E-state index < -0.39 is 0 Å². The zero-order valence-corrected chi connectivity index (χ0v) is 17.7. The predicted molar refractivity (Wildman–Crippen MR) is 120 cm³/mol. The average molecular weight is 403 g/mol. The standard InChI is InChI=1S/C23H26N6O/c1-4-27-7-9-28(10-8-27)19-5-6-21-24-20(13-22(30)29(21)15-19)17-11-16(2)23-18(12-17)14-26(3)25-23/h5-6,11-15H,4,7-10H2,1-3H3. The van der Waals surface area contributed by atoms with Crippen molar-refractivity contribution in [1.29, 1.82) is 0 Å². The van der Waals surface area contributed by atoms with Crippen molar-refractivity contribution in [1.82, 2.24) is 24.1 Å². The fourth-order valence-corrected chi connectivity index (χ4v) is 4.33. The SMILES string of the molecule is CCN1CCN(c2ccc3nc(-c4cc(C)c5nn(C)cc5c4)cc(=O)n3c2)CC1. The zero-order chi connectivity index (χ0) is 20.8. The number of rotatable bonds is 3. The van der Waals surface area contributed by atoms with Crippen molar-refractivity contribution in [3.63, 3.8) is 0 Å². The minimum Gasteiger partial charge on any atom is -0.368 e. The molecule has 0 radical (unpaired) electrons. The number of nitrogens with zero attached hydrogens (tertiary/aromatic N) is 6. The predicted octanol–water partition coefficient (Wildman–Crippen LogP) is 2.70. The van der Waals surface area contributed by atoms with Gasteiger partial charge in [0.25, 0.3) is 5.56 Å². The van der Waals surface area contributed by atoms with Gasteiger partial charge in [0.15, 0.2) is 0 Å². The molecule has 5 rings (SSSR count). The topological polar surface area (TPSA) is 58.7 Å². The third-order valence-electron chi connectivity index (χ3n) is 6.04. The van der Waals surface area contributed by atoms with Crippen LogP contribution in [-0.4, -0.2) is 56.8 Å². The van der Waals surface area contributed by atoms with Gasteiger partial charge in [0.1, 0.15) is 5.65 Å². The summed E-state index contributed by atoms with van der Waals surface area (Å²) in [4.78, 5) is 22.5. The summed E-state index contributed by atoms with van der Waals surface area (Å²) in [6, 6.07) is 9.75. The summed E-state index contributed by atoms with van der Waals surface area (Å²) in [7, 11) is 1.92. The Morgan fingerprint density at radius 3 is 2.60 bits per heavy atom. The molecule has 0 amide bonds. The van der Waals surface area contributed by atoms with E-state index in [0.29, 0.717) is 11.3 Å². The minimum atomic E-state index is -0.0621. The normalized spacial score (nSPS) is 15.4. The summed E-state index contributed by atoms with van der Waals surface area (Å²) in [5.41, 5.74) is 5.36. The number of hydrogen-bond donors (Lipinski definition) is 0. The average Bonchev–Trinajstić information content (AvgIpc) is 3.14. The molecule has 4 aromatic rings. The van der Waals surface area contributed by atoms with Gasteiger partial charge in [-0.2, -0.15) is 5.10 Å². The first-order chi connectivity index (χ1) is 14.5. The number of benzene rings is 1. The molecule has 0 spiro atoms. The lowest BCUT2D eigenvalue weighted by Gasteiger charge is -2.35. The molecule has 0 atom stereocenters. The molecule has 7 nitrogen and oxygen atoms in total. The molecule has 0 aliphatic carbocycles. The first kappa shape index (κ1) is 18.8. The highest BCUT2D eigenvalue weighted by atomic mass is 16.1. The zero-order valence-electron chi connectivity index (χ0n) is 17.7. The Morgan fingerprint density at radius 2 is 1.83 bits per heavy atom. The monoisotopic (exact) mass is 402 g/mol. The van der Waals surface area contributed by atoms with Crippen molar-refractivity contribution in [2.45, 2.75) is 13.8 Å². The molecule has 1 fully saturated rings. The van der Waals surface area contributed by atoms with E-state index in [2.05, 4.69) is 40.0 Å². The van der Waals surface area contributed by atoms with Gasteiger partial charge < -0.3 is 9.80 Å². The summed E-state index contributed by atoms with van der Waals surface area (Å²) < 4.78 is 3.46. The maximum Gasteiger partial charge on any atom is 0.258 e. The van der Waals surface area contributed by atoms with Crippen molar-refractivity contribution in [3.05, 3.63) is 58.6 Å². The largest absolute Gasteiger partial charge is 0.368 e. The van der Waals surface area contributed by atoms with E-state index in [4.69, 9.17) is 4.98 Å². The van der Waals surface area contributed by atoms with Crippen LogP contribution < -0.4 is 10.5 Å². The second-order valence-corrected chi connectivity index (χ2v) is 8.05. The van der Waals surface area contributed by atoms with Crippen LogP contribution in [0, 0.1) is 6.92 Å². The molecular weight excluding hydrogens is 376 g/mol. The lowest BCUT2D eigenvalue weighted by molar-refractivity contribution is 0.271. The summed E-state index contributed by atoms with van der Waals surface area (Å²) in [5.74, 6) is 0. The third-order valence-corrected chi connectivity index (χ3v) is 6.04. The molecule has 4 heterocycles. The van der Waals surface area contributed by atoms with E-state index in [-0.39, 0.29) is 5.56 Å². The van der Waals surface area contributed by atoms with E-state index in [0.717, 1.165) is 60.4 Å². The number of pyridine rings is 1. The van der Waals surface area contributed by atoms with Crippen LogP contribution in [-0.2, 0) is 7.05 Å². The smallest absolute Gasteiger partial charge is 0.258 e. The van der Waals surface area contributed by atoms with Gasteiger partial charge in [-0.3, -0.25) is 13.9 Å². The summed E-state index contributed by atoms with van der Waals surface area (Å²) in [6.45, 7) is 9.38. The molecule has 1 aliphatic rings. The quantitative estimate of drug-likeness (QED) is 0.527. The number of fused-ring (bicyclic) bond motifs is 2. The number of hydrogen-bond acceptors (Lipinski definition) is 5. The Bertz CT molecular complexity index is 1300. The van der Waals surface area contributed by atoms with Gasteiger partial charge in [-0.15, -0.1) is 0 Å². The molecule has 1 aromatic carbocycles. The van der Waals surface area contributed by atoms with Gasteiger partial charge in [-0.25, -0.2) is 4.98 Å². The van der Waals surface area contributed by atoms with Crippen LogP contribution in [0.15, 0.2) is 47.5 Å². The molecular formula is C23H26N6O. The summed E-state index contributed by atoms with van der Waals surface area (Å²) >= 11 is 0. The fourth-order valence-electron chi connectivity index (χ4n) is 4.33. The molecule has 1 aliphatic heterocycles. The Hall–Kier alpha value is -3.19. The van der Waals surface area contributed by atoms with E-state index in [1.165, 1.54) is 0 Å². The van der Waals surface area contributed by atoms with E-state index in [1.54, 1.807) is 10.5 Å². The number of aromatic nitrogens is 4. The minimum absolute atomic E-state index is 0.0621. The van der Waals surface area contributed by atoms with Crippen LogP contribution >= 0.6 is 0 Å². The lowest BCUT2D eigenvalue weighted by Crippen LogP contribution is -2.46. The Balaban J connectivity index is 1.53. The second-order valence-electron chi connectivity index (χ2n) is 8.05. The summed E-state index contributed by atoms with van der Waals surface area (Å²) in [6.07, 6.45) is 3.91. The number of anilines is 1. The number of likely N-dealkylation sites (N-methyl/N-ethyl adjacent to an activating group) is 1. The molecule has 0 unspecified atom stereocenters. The third kappa shape index (κ3) is 3.25. The Kier molecular flexibility index (Phi) is 4.55. The first-order valence-corrected chi connectivity index (χ1v) is 10.5. The van der Waals surface area contributed by atoms with Gasteiger partial charge in [-0.1, -0.05) is 6.92 Å². The molecule has 30 heavy (non-hydrogen) atoms. The van der Waals surface area contributed by atoms with E-state index in [9.17, 15) is 4.79 Å². The van der Waals surface area contributed by atoms with Crippen molar-refractivity contribution < 1.29 is 0 Å². The first-order valence-electron chi connectivity index (χ1n) is 10.5. The van der Waals surface area contributed by atoms with Crippen LogP contribution in [0.1, 0.15) is 12.5 Å². The highest BCUT2D eigenvalue weighted by Crippen LogP contribution is 2.26. The van der Waals surface area contributed by atoms with Crippen LogP contribution in [0.3, 0.4) is 0 Å². The highest BCUT2D eigenvalue weighted by molar-refractivity contribution is 5.86. The molecule has 0 bridgehead atoms. The van der Waals surface area contributed by atoms with Crippen LogP contribution in [0.4, 0.5) is 5.69 Å². The van der Waals surface area contributed by atoms with Gasteiger partial charge in [0.2, 0.25) is 0 Å². The van der Waals surface area contributed by atoms with Crippen LogP contribution in [0.2, 0.25) is 0 Å². The molecule has 7 heteroatoms. The molecule has 1 saturated heterocycles. The second kappa shape index (κ2) is 7.25. The van der Waals surface area contributed by atoms with Crippen molar-refractivity contribution >= 4 is 22.2 Å². The van der Waals surface area contributed by atoms with E-state index in [1.807, 2.05) is 37.1 Å². The van der Waals surface area contributed by atoms with Crippen molar-refractivity contribution in [2.75, 3.05) is 37.6 Å². The Morgan fingerprint density at radius 1 is 1.03 bits per heavy atom. The van der Waals surface area contributed by atoms with Crippen LogP contribution in [0.5, 0.6) is 0 Å².